The van der Waals surface area contributed by atoms with Crippen LogP contribution in [0.25, 0.3) is 0 Å². The summed E-state index contributed by atoms with van der Waals surface area (Å²) in [5.41, 5.74) is 0. The molecule has 9 atom stereocenters. The van der Waals surface area contributed by atoms with E-state index in [1.54, 1.807) is 0 Å². The van der Waals surface area contributed by atoms with E-state index in [1.165, 1.54) is 180 Å². The van der Waals surface area contributed by atoms with Gasteiger partial charge in [-0.2, -0.15) is 0 Å². The number of ether oxygens (including phenoxy) is 2. The highest BCUT2D eigenvalue weighted by Gasteiger charge is 2.44. The Morgan fingerprint density at radius 3 is 1.29 bits per heavy atom. The Kier molecular flexibility index (Phi) is 45.2. The third-order valence-electron chi connectivity index (χ3n) is 14.2. The van der Waals surface area contributed by atoms with Crippen molar-refractivity contribution in [3.05, 3.63) is 24.3 Å². The summed E-state index contributed by atoms with van der Waals surface area (Å²) in [6.07, 6.45) is 45.7. The quantitative estimate of drug-likeness (QED) is 0.0215. The lowest BCUT2D eigenvalue weighted by Gasteiger charge is -2.40. The molecule has 1 fully saturated rings. The fourth-order valence-electron chi connectivity index (χ4n) is 9.42. The molecule has 0 spiro atoms. The van der Waals surface area contributed by atoms with Crippen LogP contribution in [0.2, 0.25) is 0 Å². The molecule has 0 aromatic rings. The lowest BCUT2D eigenvalue weighted by Crippen LogP contribution is -2.60. The Balaban J connectivity index is 2.19. The normalized spacial score (nSPS) is 20.5. The van der Waals surface area contributed by atoms with Crippen molar-refractivity contribution in [3.63, 3.8) is 0 Å². The summed E-state index contributed by atoms with van der Waals surface area (Å²) in [7, 11) is 0. The summed E-state index contributed by atoms with van der Waals surface area (Å²) in [6, 6.07) is -1.19. The van der Waals surface area contributed by atoms with Crippen LogP contribution in [0.1, 0.15) is 271 Å². The van der Waals surface area contributed by atoms with Gasteiger partial charge in [0.2, 0.25) is 5.91 Å². The summed E-state index contributed by atoms with van der Waals surface area (Å²) < 4.78 is 11.1. The molecular weight excluding hydrogens is 871 g/mol. The van der Waals surface area contributed by atoms with Gasteiger partial charge in [0.1, 0.15) is 36.6 Å². The highest BCUT2D eigenvalue weighted by molar-refractivity contribution is 5.80. The van der Waals surface area contributed by atoms with Crippen LogP contribution in [0.3, 0.4) is 0 Å². The van der Waals surface area contributed by atoms with E-state index in [2.05, 4.69) is 43.5 Å². The van der Waals surface area contributed by atoms with Gasteiger partial charge in [-0.1, -0.05) is 237 Å². The van der Waals surface area contributed by atoms with E-state index in [0.717, 1.165) is 51.4 Å². The zero-order valence-electron chi connectivity index (χ0n) is 44.6. The number of hydrogen-bond acceptors (Lipinski definition) is 10. The van der Waals surface area contributed by atoms with Crippen LogP contribution < -0.4 is 5.32 Å². The van der Waals surface area contributed by atoms with Gasteiger partial charge in [-0.3, -0.25) is 4.79 Å². The molecule has 0 bridgehead atoms. The van der Waals surface area contributed by atoms with Crippen molar-refractivity contribution in [2.75, 3.05) is 13.2 Å². The van der Waals surface area contributed by atoms with Crippen molar-refractivity contribution in [2.45, 2.75) is 326 Å². The minimum Gasteiger partial charge on any atom is -0.394 e. The third-order valence-corrected chi connectivity index (χ3v) is 14.2. The van der Waals surface area contributed by atoms with Crippen LogP contribution in [0, 0.1) is 0 Å². The number of allylic oxidation sites excluding steroid dienone is 4. The Morgan fingerprint density at radius 2 is 0.870 bits per heavy atom. The van der Waals surface area contributed by atoms with Crippen molar-refractivity contribution in [3.8, 4) is 0 Å². The molecule has 1 rings (SSSR count). The average molecular weight is 983 g/mol. The van der Waals surface area contributed by atoms with Crippen molar-refractivity contribution in [1.29, 1.82) is 0 Å². The van der Waals surface area contributed by atoms with Crippen LogP contribution in [0.4, 0.5) is 0 Å². The summed E-state index contributed by atoms with van der Waals surface area (Å²) in [6.45, 7) is 3.39. The Morgan fingerprint density at radius 1 is 0.493 bits per heavy atom. The summed E-state index contributed by atoms with van der Waals surface area (Å²) in [4.78, 5) is 13.1. The van der Waals surface area contributed by atoms with Crippen LogP contribution in [-0.2, 0) is 14.3 Å². The first-order valence-corrected chi connectivity index (χ1v) is 29.2. The highest BCUT2D eigenvalue weighted by Crippen LogP contribution is 2.23. The Labute approximate surface area is 423 Å². The van der Waals surface area contributed by atoms with Gasteiger partial charge < -0.3 is 50.5 Å². The van der Waals surface area contributed by atoms with Gasteiger partial charge in [0.25, 0.3) is 0 Å². The molecular formula is C58H111NO10. The molecule has 0 radical (unpaired) electrons. The standard InChI is InChI=1S/C58H111NO10/c1-3-5-7-9-11-13-15-16-17-18-19-20-21-22-23-24-25-26-27-28-29-30-31-32-33-34-35-36-38-39-41-43-45-50(61)53(63)49(48-68-58-56(66)55(65)54(64)52(47-60)69-58)59-57(67)51(62)46-44-42-40-37-14-12-10-8-6-4-2/h10,12,38-39,49-56,58,60-66H,3-9,11,13-37,40-48H2,1-2H3,(H,59,67)/b12-10-,39-38+. The van der Waals surface area contributed by atoms with Gasteiger partial charge in [0, 0.05) is 0 Å². The monoisotopic (exact) mass is 982 g/mol. The SMILES string of the molecule is CCCC/C=C\CCCCCCC(O)C(=O)NC(COC1OC(CO)C(O)C(O)C1O)C(O)C(O)CCC/C=C/CCCCCCCCCCCCCCCCCCCCCCCCCCCCC. The molecule has 1 aliphatic heterocycles. The number of nitrogens with one attached hydrogen (secondary N) is 1. The molecule has 8 N–H and O–H groups in total. The molecule has 69 heavy (non-hydrogen) atoms. The number of hydrogen-bond donors (Lipinski definition) is 8. The first-order valence-electron chi connectivity index (χ1n) is 29.2. The first kappa shape index (κ1) is 65.6. The van der Waals surface area contributed by atoms with Gasteiger partial charge >= 0.3 is 0 Å². The second-order valence-electron chi connectivity index (χ2n) is 20.7. The van der Waals surface area contributed by atoms with E-state index < -0.39 is 74.2 Å². The smallest absolute Gasteiger partial charge is 0.249 e. The van der Waals surface area contributed by atoms with Gasteiger partial charge in [0.05, 0.1) is 25.4 Å². The molecule has 0 aliphatic carbocycles. The molecule has 408 valence electrons. The lowest BCUT2D eigenvalue weighted by molar-refractivity contribution is -0.303. The molecule has 11 heteroatoms. The number of carbonyl (C=O) groups excluding carboxylic acids is 1. The highest BCUT2D eigenvalue weighted by atomic mass is 16.7. The molecule has 0 saturated carbocycles. The van der Waals surface area contributed by atoms with Crippen LogP contribution in [0.15, 0.2) is 24.3 Å². The molecule has 0 aromatic carbocycles. The predicted molar refractivity (Wildman–Crippen MR) is 284 cm³/mol. The van der Waals surface area contributed by atoms with E-state index in [-0.39, 0.29) is 12.8 Å². The molecule has 9 unspecified atom stereocenters. The number of aliphatic hydroxyl groups is 7. The van der Waals surface area contributed by atoms with Gasteiger partial charge in [-0.25, -0.2) is 0 Å². The predicted octanol–water partition coefficient (Wildman–Crippen LogP) is 12.1. The van der Waals surface area contributed by atoms with Crippen LogP contribution in [0.5, 0.6) is 0 Å². The van der Waals surface area contributed by atoms with Crippen molar-refractivity contribution >= 4 is 5.91 Å². The lowest BCUT2D eigenvalue weighted by atomic mass is 9.98. The van der Waals surface area contributed by atoms with E-state index in [1.807, 2.05) is 0 Å². The summed E-state index contributed by atoms with van der Waals surface area (Å²) >= 11 is 0. The first-order chi connectivity index (χ1) is 33.7. The maximum absolute atomic E-state index is 13.1. The maximum atomic E-state index is 13.1. The Bertz CT molecular complexity index is 1170. The fraction of sp³-hybridized carbons (Fsp3) is 0.914. The van der Waals surface area contributed by atoms with Crippen LogP contribution in [-0.4, -0.2) is 110 Å². The zero-order chi connectivity index (χ0) is 50.4. The number of carbonyl (C=O) groups is 1. The molecule has 11 nitrogen and oxygen atoms in total. The second kappa shape index (κ2) is 47.6. The number of aliphatic hydroxyl groups excluding tert-OH is 7. The maximum Gasteiger partial charge on any atom is 0.249 e. The van der Waals surface area contributed by atoms with E-state index >= 15 is 0 Å². The van der Waals surface area contributed by atoms with Crippen molar-refractivity contribution in [2.24, 2.45) is 0 Å². The summed E-state index contributed by atoms with van der Waals surface area (Å²) in [5.74, 6) is -0.716. The number of amides is 1. The second-order valence-corrected chi connectivity index (χ2v) is 20.7. The minimum absolute atomic E-state index is 0.239. The molecule has 0 aromatic heterocycles. The van der Waals surface area contributed by atoms with E-state index in [4.69, 9.17) is 9.47 Å². The average Bonchev–Trinajstić information content (AvgIpc) is 3.35. The van der Waals surface area contributed by atoms with Gasteiger partial charge in [0.15, 0.2) is 6.29 Å². The molecule has 1 saturated heterocycles. The zero-order valence-corrected chi connectivity index (χ0v) is 44.6. The molecule has 1 aliphatic rings. The third kappa shape index (κ3) is 36.2. The number of rotatable bonds is 50. The molecule has 1 amide bonds. The van der Waals surface area contributed by atoms with Gasteiger partial charge in [-0.15, -0.1) is 0 Å². The topological polar surface area (TPSA) is 189 Å². The van der Waals surface area contributed by atoms with Gasteiger partial charge in [-0.05, 0) is 57.8 Å². The van der Waals surface area contributed by atoms with Crippen molar-refractivity contribution < 1.29 is 50.0 Å². The number of unbranched alkanes of at least 4 members (excludes halogenated alkanes) is 34. The minimum atomic E-state index is -1.67. The molecule has 1 heterocycles. The largest absolute Gasteiger partial charge is 0.394 e. The summed E-state index contributed by atoms with van der Waals surface area (Å²) in [5, 5.41) is 75.8. The Hall–Kier alpha value is -1.41. The van der Waals surface area contributed by atoms with Crippen LogP contribution >= 0.6 is 0 Å². The van der Waals surface area contributed by atoms with Crippen molar-refractivity contribution in [1.82, 2.24) is 5.32 Å². The van der Waals surface area contributed by atoms with E-state index in [9.17, 15) is 40.5 Å². The fourth-order valence-corrected chi connectivity index (χ4v) is 9.42. The van der Waals surface area contributed by atoms with E-state index in [0.29, 0.717) is 12.8 Å².